The summed E-state index contributed by atoms with van der Waals surface area (Å²) in [6, 6.07) is -0.758. The van der Waals surface area contributed by atoms with E-state index in [4.69, 9.17) is 9.05 Å². The molecule has 0 aromatic rings. The molecule has 0 saturated carbocycles. The van der Waals surface area contributed by atoms with E-state index in [9.17, 15) is 19.4 Å². The molecule has 0 rings (SSSR count). The van der Waals surface area contributed by atoms with Crippen LogP contribution >= 0.6 is 7.82 Å². The van der Waals surface area contributed by atoms with Crippen LogP contribution in [0.3, 0.4) is 0 Å². The average molecular weight is 900 g/mol. The lowest BCUT2D eigenvalue weighted by molar-refractivity contribution is -0.870. The van der Waals surface area contributed by atoms with Crippen LogP contribution < -0.4 is 5.32 Å². The molecular weight excluding hydrogens is 792 g/mol. The highest BCUT2D eigenvalue weighted by molar-refractivity contribution is 7.47. The van der Waals surface area contributed by atoms with Gasteiger partial charge in [0, 0.05) is 6.42 Å². The molecule has 3 N–H and O–H groups in total. The van der Waals surface area contributed by atoms with Crippen molar-refractivity contribution in [1.82, 2.24) is 5.32 Å². The van der Waals surface area contributed by atoms with Gasteiger partial charge in [-0.1, -0.05) is 238 Å². The van der Waals surface area contributed by atoms with Gasteiger partial charge in [-0.3, -0.25) is 13.8 Å². The quantitative estimate of drug-likeness (QED) is 0.0243. The third-order valence-electron chi connectivity index (χ3n) is 12.5. The second-order valence-corrected chi connectivity index (χ2v) is 21.4. The van der Waals surface area contributed by atoms with Crippen molar-refractivity contribution in [2.75, 3.05) is 40.9 Å². The van der Waals surface area contributed by atoms with Gasteiger partial charge < -0.3 is 19.8 Å². The first kappa shape index (κ1) is 61.2. The topological polar surface area (TPSA) is 105 Å². The second-order valence-electron chi connectivity index (χ2n) is 20.0. The van der Waals surface area contributed by atoms with Crippen LogP contribution in [0.25, 0.3) is 0 Å². The SMILES string of the molecule is CCCCCCCCCCCCCC/C=C\CCCCCCCCCCCC(=O)NC(COP(=O)(O)OCC[N+](C)(C)C)C(O)CCCCCCCCCCCCCCCCC. The molecule has 0 fully saturated rings. The Hall–Kier alpha value is -0.760. The summed E-state index contributed by atoms with van der Waals surface area (Å²) in [6.07, 6.45) is 54.0. The predicted octanol–water partition coefficient (Wildman–Crippen LogP) is 15.9. The van der Waals surface area contributed by atoms with E-state index in [2.05, 4.69) is 31.3 Å². The van der Waals surface area contributed by atoms with Crippen molar-refractivity contribution in [2.45, 2.75) is 283 Å². The van der Waals surface area contributed by atoms with Gasteiger partial charge in [-0.05, 0) is 38.5 Å². The summed E-state index contributed by atoms with van der Waals surface area (Å²) in [5, 5.41) is 14.0. The van der Waals surface area contributed by atoms with Crippen molar-refractivity contribution in [3.05, 3.63) is 12.2 Å². The van der Waals surface area contributed by atoms with E-state index >= 15 is 0 Å². The molecule has 62 heavy (non-hydrogen) atoms. The lowest BCUT2D eigenvalue weighted by Gasteiger charge is -2.26. The van der Waals surface area contributed by atoms with Crippen LogP contribution in [0, 0.1) is 0 Å². The van der Waals surface area contributed by atoms with Gasteiger partial charge in [-0.2, -0.15) is 0 Å². The molecule has 0 aliphatic carbocycles. The van der Waals surface area contributed by atoms with Crippen LogP contribution in [0.2, 0.25) is 0 Å². The number of aliphatic hydroxyl groups is 1. The second kappa shape index (κ2) is 45.4. The van der Waals surface area contributed by atoms with Gasteiger partial charge in [0.25, 0.3) is 0 Å². The minimum atomic E-state index is -4.32. The Morgan fingerprint density at radius 1 is 0.532 bits per heavy atom. The summed E-state index contributed by atoms with van der Waals surface area (Å²) in [5.74, 6) is -0.143. The molecule has 0 radical (unpaired) electrons. The molecule has 0 aliphatic rings. The lowest BCUT2D eigenvalue weighted by Crippen LogP contribution is -2.46. The Morgan fingerprint density at radius 3 is 1.24 bits per heavy atom. The van der Waals surface area contributed by atoms with E-state index in [1.165, 1.54) is 205 Å². The van der Waals surface area contributed by atoms with Gasteiger partial charge in [-0.25, -0.2) is 4.57 Å². The maximum Gasteiger partial charge on any atom is 0.472 e. The third kappa shape index (κ3) is 47.2. The Labute approximate surface area is 386 Å². The summed E-state index contributed by atoms with van der Waals surface area (Å²) < 4.78 is 23.7. The van der Waals surface area contributed by atoms with Gasteiger partial charge in [-0.15, -0.1) is 0 Å². The van der Waals surface area contributed by atoms with Gasteiger partial charge >= 0.3 is 7.82 Å². The van der Waals surface area contributed by atoms with Gasteiger partial charge in [0.05, 0.1) is 39.9 Å². The molecule has 3 atom stereocenters. The largest absolute Gasteiger partial charge is 0.472 e. The number of nitrogens with one attached hydrogen (secondary N) is 1. The zero-order chi connectivity index (χ0) is 45.7. The molecule has 0 aliphatic heterocycles. The van der Waals surface area contributed by atoms with Crippen molar-refractivity contribution in [2.24, 2.45) is 0 Å². The van der Waals surface area contributed by atoms with E-state index in [1.807, 2.05) is 21.1 Å². The fourth-order valence-electron chi connectivity index (χ4n) is 8.22. The number of hydrogen-bond donors (Lipinski definition) is 3. The Bertz CT molecular complexity index is 1020. The summed E-state index contributed by atoms with van der Waals surface area (Å²) in [5.41, 5.74) is 0. The molecular formula is C53H108N2O6P+. The number of likely N-dealkylation sites (N-methyl/N-ethyl adjacent to an activating group) is 1. The molecule has 0 saturated heterocycles. The number of amides is 1. The first-order chi connectivity index (χ1) is 30.0. The van der Waals surface area contributed by atoms with Crippen LogP contribution in [0.5, 0.6) is 0 Å². The number of phosphoric acid groups is 1. The first-order valence-electron chi connectivity index (χ1n) is 27.1. The fraction of sp³-hybridized carbons (Fsp3) is 0.943. The standard InChI is InChI=1S/C53H107N2O6P/c1-6-8-10-12-14-16-18-20-22-23-24-25-26-27-28-29-30-31-33-35-37-39-41-43-45-47-53(57)54-51(50-61-62(58,59)60-49-48-55(3,4)5)52(56)46-44-42-40-38-36-34-32-21-19-17-15-13-11-9-7-2/h27-28,51-52,56H,6-26,29-50H2,1-5H3,(H-,54,57,58,59)/p+1/b28-27-. The zero-order valence-corrected chi connectivity index (χ0v) is 43.0. The molecule has 0 heterocycles. The summed E-state index contributed by atoms with van der Waals surface area (Å²) in [6.45, 7) is 4.92. The number of carbonyl (C=O) groups excluding carboxylic acids is 1. The number of aliphatic hydroxyl groups excluding tert-OH is 1. The third-order valence-corrected chi connectivity index (χ3v) is 13.5. The number of unbranched alkanes of at least 4 members (excludes halogenated alkanes) is 35. The number of rotatable bonds is 50. The van der Waals surface area contributed by atoms with Crippen molar-refractivity contribution in [3.8, 4) is 0 Å². The van der Waals surface area contributed by atoms with Crippen molar-refractivity contribution in [3.63, 3.8) is 0 Å². The van der Waals surface area contributed by atoms with Gasteiger partial charge in [0.2, 0.25) is 5.91 Å². The van der Waals surface area contributed by atoms with Crippen molar-refractivity contribution < 1.29 is 32.9 Å². The minimum Gasteiger partial charge on any atom is -0.391 e. The highest BCUT2D eigenvalue weighted by atomic mass is 31.2. The number of carbonyl (C=O) groups is 1. The normalized spacial score (nSPS) is 14.1. The van der Waals surface area contributed by atoms with E-state index in [0.29, 0.717) is 23.9 Å². The average Bonchev–Trinajstić information content (AvgIpc) is 3.23. The van der Waals surface area contributed by atoms with Crippen LogP contribution in [-0.2, 0) is 18.4 Å². The molecule has 0 bridgehead atoms. The highest BCUT2D eigenvalue weighted by Gasteiger charge is 2.28. The monoisotopic (exact) mass is 900 g/mol. The van der Waals surface area contributed by atoms with E-state index in [0.717, 1.165) is 38.5 Å². The number of nitrogens with zero attached hydrogens (tertiary/aromatic N) is 1. The lowest BCUT2D eigenvalue weighted by atomic mass is 10.0. The smallest absolute Gasteiger partial charge is 0.391 e. The molecule has 0 aromatic heterocycles. The Balaban J connectivity index is 4.15. The van der Waals surface area contributed by atoms with E-state index in [1.54, 1.807) is 0 Å². The Morgan fingerprint density at radius 2 is 0.871 bits per heavy atom. The fourth-order valence-corrected chi connectivity index (χ4v) is 8.96. The van der Waals surface area contributed by atoms with E-state index in [-0.39, 0.29) is 19.1 Å². The van der Waals surface area contributed by atoms with Crippen LogP contribution in [0.15, 0.2) is 12.2 Å². The van der Waals surface area contributed by atoms with E-state index < -0.39 is 20.0 Å². The minimum absolute atomic E-state index is 0.0766. The number of quaternary nitrogens is 1. The first-order valence-corrected chi connectivity index (χ1v) is 28.5. The predicted molar refractivity (Wildman–Crippen MR) is 268 cm³/mol. The van der Waals surface area contributed by atoms with Gasteiger partial charge in [0.1, 0.15) is 13.2 Å². The molecule has 3 unspecified atom stereocenters. The summed E-state index contributed by atoms with van der Waals surface area (Å²) >= 11 is 0. The molecule has 0 aromatic carbocycles. The number of allylic oxidation sites excluding steroid dienone is 2. The molecule has 8 nitrogen and oxygen atoms in total. The van der Waals surface area contributed by atoms with Crippen LogP contribution in [0.1, 0.15) is 271 Å². The maximum atomic E-state index is 13.0. The number of phosphoric ester groups is 1. The van der Waals surface area contributed by atoms with Crippen LogP contribution in [0.4, 0.5) is 0 Å². The summed E-state index contributed by atoms with van der Waals surface area (Å²) in [7, 11) is 1.63. The molecule has 1 amide bonds. The molecule has 0 spiro atoms. The molecule has 370 valence electrons. The van der Waals surface area contributed by atoms with Crippen molar-refractivity contribution >= 4 is 13.7 Å². The van der Waals surface area contributed by atoms with Gasteiger partial charge in [0.15, 0.2) is 0 Å². The summed E-state index contributed by atoms with van der Waals surface area (Å²) in [4.78, 5) is 23.3. The maximum absolute atomic E-state index is 13.0. The number of hydrogen-bond acceptors (Lipinski definition) is 5. The Kier molecular flexibility index (Phi) is 44.8. The van der Waals surface area contributed by atoms with Crippen molar-refractivity contribution in [1.29, 1.82) is 0 Å². The highest BCUT2D eigenvalue weighted by Crippen LogP contribution is 2.43. The van der Waals surface area contributed by atoms with Crippen LogP contribution in [-0.4, -0.2) is 73.4 Å². The zero-order valence-electron chi connectivity index (χ0n) is 42.1. The molecule has 9 heteroatoms.